The number of likely N-dealkylation sites (tertiary alicyclic amines) is 1. The van der Waals surface area contributed by atoms with E-state index in [2.05, 4.69) is 46.7 Å². The van der Waals surface area contributed by atoms with Crippen LogP contribution in [-0.4, -0.2) is 35.9 Å². The Hall–Kier alpha value is -2.09. The fourth-order valence-corrected chi connectivity index (χ4v) is 3.59. The number of amides is 1. The molecule has 2 fully saturated rings. The van der Waals surface area contributed by atoms with Crippen LogP contribution in [0.25, 0.3) is 0 Å². The highest BCUT2D eigenvalue weighted by atomic mass is 127. The molecule has 1 atom stereocenters. The largest absolute Gasteiger partial charge is 0.356 e. The Kier molecular flexibility index (Phi) is 7.52. The maximum atomic E-state index is 12.2. The van der Waals surface area contributed by atoms with Crippen molar-refractivity contribution in [3.8, 4) is 0 Å². The first-order chi connectivity index (χ1) is 13.7. The minimum atomic E-state index is 0. The Morgan fingerprint density at radius 3 is 2.52 bits per heavy atom. The summed E-state index contributed by atoms with van der Waals surface area (Å²) in [6.07, 6.45) is 2.98. The average Bonchev–Trinajstić information content (AvgIpc) is 3.48. The minimum absolute atomic E-state index is 0. The van der Waals surface area contributed by atoms with Crippen LogP contribution in [0.4, 0.5) is 5.69 Å². The maximum absolute atomic E-state index is 12.2. The Morgan fingerprint density at radius 1 is 1.10 bits per heavy atom. The van der Waals surface area contributed by atoms with Gasteiger partial charge in [0.25, 0.3) is 0 Å². The van der Waals surface area contributed by atoms with Gasteiger partial charge in [-0.1, -0.05) is 48.0 Å². The number of nitrogens with zero attached hydrogens (tertiary/aromatic N) is 2. The number of benzene rings is 2. The number of rotatable bonds is 6. The van der Waals surface area contributed by atoms with E-state index in [1.807, 2.05) is 30.3 Å². The number of guanidine groups is 1. The van der Waals surface area contributed by atoms with Crippen molar-refractivity contribution in [1.82, 2.24) is 10.2 Å². The molecule has 1 unspecified atom stereocenters. The van der Waals surface area contributed by atoms with Crippen LogP contribution < -0.4 is 10.6 Å². The molecule has 1 aliphatic heterocycles. The van der Waals surface area contributed by atoms with Gasteiger partial charge >= 0.3 is 0 Å². The van der Waals surface area contributed by atoms with E-state index in [0.29, 0.717) is 30.8 Å². The summed E-state index contributed by atoms with van der Waals surface area (Å²) in [5.41, 5.74) is 3.43. The van der Waals surface area contributed by atoms with Crippen LogP contribution in [0.2, 0.25) is 0 Å². The van der Waals surface area contributed by atoms with Gasteiger partial charge in [-0.05, 0) is 37.5 Å². The second kappa shape index (κ2) is 10.1. The van der Waals surface area contributed by atoms with Crippen molar-refractivity contribution in [2.45, 2.75) is 38.8 Å². The zero-order valence-electron chi connectivity index (χ0n) is 16.8. The highest BCUT2D eigenvalue weighted by Crippen LogP contribution is 2.32. The molecular weight excluding hydrogens is 475 g/mol. The third kappa shape index (κ3) is 6.19. The first-order valence-corrected chi connectivity index (χ1v) is 10.1. The Morgan fingerprint density at radius 2 is 1.83 bits per heavy atom. The summed E-state index contributed by atoms with van der Waals surface area (Å²) >= 11 is 0. The number of nitrogens with one attached hydrogen (secondary N) is 2. The summed E-state index contributed by atoms with van der Waals surface area (Å²) < 4.78 is 0. The molecule has 1 aliphatic carbocycles. The van der Waals surface area contributed by atoms with Crippen molar-refractivity contribution < 1.29 is 4.79 Å². The SMILES string of the molecule is Cc1ccc(CN=C(NCC2CC(=O)N(C3CC3)C2)Nc2ccccc2)cc1.I. The van der Waals surface area contributed by atoms with Crippen molar-refractivity contribution in [1.29, 1.82) is 0 Å². The zero-order chi connectivity index (χ0) is 19.3. The smallest absolute Gasteiger partial charge is 0.223 e. The van der Waals surface area contributed by atoms with Crippen LogP contribution in [0.15, 0.2) is 59.6 Å². The summed E-state index contributed by atoms with van der Waals surface area (Å²) in [5, 5.41) is 6.83. The molecule has 154 valence electrons. The second-order valence-electron chi connectivity index (χ2n) is 7.87. The molecular formula is C23H29IN4O. The quantitative estimate of drug-likeness (QED) is 0.353. The number of aliphatic imine (C=N–C) groups is 1. The molecule has 0 bridgehead atoms. The van der Waals surface area contributed by atoms with Crippen molar-refractivity contribution in [3.63, 3.8) is 0 Å². The molecule has 0 aromatic heterocycles. The van der Waals surface area contributed by atoms with E-state index >= 15 is 0 Å². The molecule has 1 saturated heterocycles. The van der Waals surface area contributed by atoms with Crippen molar-refractivity contribution in [3.05, 3.63) is 65.7 Å². The van der Waals surface area contributed by atoms with Crippen molar-refractivity contribution in [2.75, 3.05) is 18.4 Å². The first-order valence-electron chi connectivity index (χ1n) is 10.1. The Labute approximate surface area is 190 Å². The van der Waals surface area contributed by atoms with Crippen LogP contribution in [0.5, 0.6) is 0 Å². The lowest BCUT2D eigenvalue weighted by Gasteiger charge is -2.17. The van der Waals surface area contributed by atoms with Crippen LogP contribution in [0, 0.1) is 12.8 Å². The number of hydrogen-bond donors (Lipinski definition) is 2. The van der Waals surface area contributed by atoms with E-state index in [-0.39, 0.29) is 24.0 Å². The van der Waals surface area contributed by atoms with Gasteiger partial charge in [0.05, 0.1) is 6.54 Å². The topological polar surface area (TPSA) is 56.7 Å². The van der Waals surface area contributed by atoms with E-state index in [4.69, 9.17) is 4.99 Å². The molecule has 2 aromatic carbocycles. The summed E-state index contributed by atoms with van der Waals surface area (Å²) in [6, 6.07) is 19.0. The number of carbonyl (C=O) groups is 1. The van der Waals surface area contributed by atoms with Gasteiger partial charge < -0.3 is 15.5 Å². The van der Waals surface area contributed by atoms with Gasteiger partial charge in [-0.2, -0.15) is 0 Å². The average molecular weight is 504 g/mol. The fraction of sp³-hybridized carbons (Fsp3) is 0.391. The molecule has 2 aliphatic rings. The highest BCUT2D eigenvalue weighted by molar-refractivity contribution is 14.0. The van der Waals surface area contributed by atoms with Gasteiger partial charge in [0, 0.05) is 37.2 Å². The van der Waals surface area contributed by atoms with E-state index in [1.165, 1.54) is 24.0 Å². The van der Waals surface area contributed by atoms with E-state index in [0.717, 1.165) is 24.7 Å². The molecule has 1 heterocycles. The molecule has 2 N–H and O–H groups in total. The summed E-state index contributed by atoms with van der Waals surface area (Å²) in [7, 11) is 0. The molecule has 1 amide bonds. The molecule has 5 nitrogen and oxygen atoms in total. The molecule has 29 heavy (non-hydrogen) atoms. The Balaban J connectivity index is 0.00000240. The lowest BCUT2D eigenvalue weighted by Crippen LogP contribution is -2.36. The van der Waals surface area contributed by atoms with Gasteiger partial charge in [-0.3, -0.25) is 4.79 Å². The lowest BCUT2D eigenvalue weighted by molar-refractivity contribution is -0.128. The number of para-hydroxylation sites is 1. The molecule has 0 spiro atoms. The standard InChI is InChI=1S/C23H28N4O.HI/c1-17-7-9-18(10-8-17)14-24-23(26-20-5-3-2-4-6-20)25-15-19-13-22(28)27(16-19)21-11-12-21;/h2-10,19,21H,11-16H2,1H3,(H2,24,25,26);1H. The van der Waals surface area contributed by atoms with Crippen molar-refractivity contribution >= 4 is 41.5 Å². The number of aryl methyl sites for hydroxylation is 1. The minimum Gasteiger partial charge on any atom is -0.356 e. The van der Waals surface area contributed by atoms with Crippen molar-refractivity contribution in [2.24, 2.45) is 10.9 Å². The van der Waals surface area contributed by atoms with Gasteiger partial charge in [-0.15, -0.1) is 24.0 Å². The number of carbonyl (C=O) groups excluding carboxylic acids is 1. The van der Waals surface area contributed by atoms with E-state index < -0.39 is 0 Å². The molecule has 0 radical (unpaired) electrons. The second-order valence-corrected chi connectivity index (χ2v) is 7.87. The third-order valence-electron chi connectivity index (χ3n) is 5.36. The molecule has 2 aromatic rings. The summed E-state index contributed by atoms with van der Waals surface area (Å²) in [5.74, 6) is 1.41. The third-order valence-corrected chi connectivity index (χ3v) is 5.36. The normalized spacial score (nSPS) is 19.1. The van der Waals surface area contributed by atoms with Gasteiger partial charge in [0.1, 0.15) is 0 Å². The van der Waals surface area contributed by atoms with Crippen LogP contribution in [0.3, 0.4) is 0 Å². The maximum Gasteiger partial charge on any atom is 0.223 e. The van der Waals surface area contributed by atoms with Crippen LogP contribution >= 0.6 is 24.0 Å². The van der Waals surface area contributed by atoms with Gasteiger partial charge in [-0.25, -0.2) is 4.99 Å². The van der Waals surface area contributed by atoms with Gasteiger partial charge in [0.15, 0.2) is 5.96 Å². The van der Waals surface area contributed by atoms with Crippen LogP contribution in [0.1, 0.15) is 30.4 Å². The van der Waals surface area contributed by atoms with E-state index in [9.17, 15) is 4.79 Å². The summed E-state index contributed by atoms with van der Waals surface area (Å²) in [4.78, 5) is 19.0. The number of halogens is 1. The monoisotopic (exact) mass is 504 g/mol. The Bertz CT molecular complexity index is 834. The molecule has 1 saturated carbocycles. The fourth-order valence-electron chi connectivity index (χ4n) is 3.59. The highest BCUT2D eigenvalue weighted by Gasteiger charge is 2.39. The predicted octanol–water partition coefficient (Wildman–Crippen LogP) is 4.18. The number of hydrogen-bond acceptors (Lipinski definition) is 2. The predicted molar refractivity (Wildman–Crippen MR) is 129 cm³/mol. The first kappa shape index (κ1) is 21.6. The van der Waals surface area contributed by atoms with Gasteiger partial charge in [0.2, 0.25) is 5.91 Å². The van der Waals surface area contributed by atoms with E-state index in [1.54, 1.807) is 0 Å². The molecule has 6 heteroatoms. The zero-order valence-corrected chi connectivity index (χ0v) is 19.1. The summed E-state index contributed by atoms with van der Waals surface area (Å²) in [6.45, 7) is 4.32. The molecule has 4 rings (SSSR count). The lowest BCUT2D eigenvalue weighted by atomic mass is 10.1. The number of anilines is 1. The van der Waals surface area contributed by atoms with Crippen LogP contribution in [-0.2, 0) is 11.3 Å².